The Balaban J connectivity index is 1.97. The van der Waals surface area contributed by atoms with E-state index in [0.29, 0.717) is 12.6 Å². The van der Waals surface area contributed by atoms with Crippen LogP contribution in [0.3, 0.4) is 0 Å². The largest absolute Gasteiger partial charge is 0.462 e. The second-order valence-corrected chi connectivity index (χ2v) is 8.48. The predicted molar refractivity (Wildman–Crippen MR) is 121 cm³/mol. The topological polar surface area (TPSA) is 88.1 Å². The molecule has 1 fully saturated rings. The molecule has 0 unspecified atom stereocenters. The first-order chi connectivity index (χ1) is 16.7. The lowest BCUT2D eigenvalue weighted by atomic mass is 10.1. The minimum atomic E-state index is -2.00. The zero-order valence-corrected chi connectivity index (χ0v) is 19.6. The van der Waals surface area contributed by atoms with E-state index in [1.165, 1.54) is 24.3 Å². The first kappa shape index (κ1) is 26.2. The molecule has 0 aromatic heterocycles. The molecule has 35 heavy (non-hydrogen) atoms. The van der Waals surface area contributed by atoms with Crippen molar-refractivity contribution >= 4 is 40.4 Å². The van der Waals surface area contributed by atoms with Gasteiger partial charge < -0.3 is 10.1 Å². The van der Waals surface area contributed by atoms with E-state index in [2.05, 4.69) is 10.3 Å². The van der Waals surface area contributed by atoms with Crippen molar-refractivity contribution in [3.05, 3.63) is 64.7 Å². The maximum atomic E-state index is 14.3. The number of benzene rings is 2. The maximum Gasteiger partial charge on any atom is 0.338 e. The van der Waals surface area contributed by atoms with Gasteiger partial charge in [-0.25, -0.2) is 27.3 Å². The molecule has 1 atom stereocenters. The highest BCUT2D eigenvalue weighted by atomic mass is 32.2. The molecule has 1 aliphatic rings. The van der Waals surface area contributed by atoms with Crippen LogP contribution in [0.25, 0.3) is 0 Å². The van der Waals surface area contributed by atoms with E-state index in [1.54, 1.807) is 13.8 Å². The summed E-state index contributed by atoms with van der Waals surface area (Å²) < 4.78 is 60.0. The van der Waals surface area contributed by atoms with Crippen LogP contribution in [-0.4, -0.2) is 46.3 Å². The summed E-state index contributed by atoms with van der Waals surface area (Å²) in [5, 5.41) is 1.73. The van der Waals surface area contributed by atoms with Crippen LogP contribution in [-0.2, 0) is 20.9 Å². The van der Waals surface area contributed by atoms with Crippen LogP contribution in [0.4, 0.5) is 23.2 Å². The Hall–Kier alpha value is -3.41. The molecule has 0 saturated carbocycles. The average molecular weight is 511 g/mol. The summed E-state index contributed by atoms with van der Waals surface area (Å²) in [5.74, 6) is -8.80. The molecule has 0 radical (unpaired) electrons. The smallest absolute Gasteiger partial charge is 0.338 e. The number of nitrogens with one attached hydrogen (secondary N) is 1. The fraction of sp³-hybridized carbons (Fsp3) is 0.304. The Morgan fingerprint density at radius 1 is 1.11 bits per heavy atom. The van der Waals surface area contributed by atoms with Crippen molar-refractivity contribution < 1.29 is 36.7 Å². The molecule has 1 saturated heterocycles. The monoisotopic (exact) mass is 511 g/mol. The van der Waals surface area contributed by atoms with Gasteiger partial charge in [-0.1, -0.05) is 11.8 Å². The number of halogens is 4. The van der Waals surface area contributed by atoms with Crippen LogP contribution in [0.2, 0.25) is 0 Å². The van der Waals surface area contributed by atoms with Crippen LogP contribution in [0.15, 0.2) is 35.3 Å². The van der Waals surface area contributed by atoms with Gasteiger partial charge in [0.1, 0.15) is 0 Å². The summed E-state index contributed by atoms with van der Waals surface area (Å²) in [6.45, 7) is 3.25. The van der Waals surface area contributed by atoms with E-state index in [1.807, 2.05) is 0 Å². The number of carbonyl (C=O) groups excluding carboxylic acids is 3. The zero-order chi connectivity index (χ0) is 25.7. The highest BCUT2D eigenvalue weighted by molar-refractivity contribution is 8.15. The van der Waals surface area contributed by atoms with Gasteiger partial charge in [0, 0.05) is 18.5 Å². The third-order valence-electron chi connectivity index (χ3n) is 4.89. The van der Waals surface area contributed by atoms with Crippen molar-refractivity contribution in [2.75, 3.05) is 13.2 Å². The second-order valence-electron chi connectivity index (χ2n) is 7.31. The first-order valence-corrected chi connectivity index (χ1v) is 11.5. The third-order valence-corrected chi connectivity index (χ3v) is 6.08. The number of ether oxygens (including phenoxy) is 1. The quantitative estimate of drug-likeness (QED) is 0.262. The molecule has 7 nitrogen and oxygen atoms in total. The van der Waals surface area contributed by atoms with Crippen molar-refractivity contribution in [3.8, 4) is 0 Å². The Kier molecular flexibility index (Phi) is 8.49. The number of carbonyl (C=O) groups is 3. The number of amidine groups is 1. The molecule has 0 bridgehead atoms. The van der Waals surface area contributed by atoms with Crippen molar-refractivity contribution in [1.82, 2.24) is 10.2 Å². The van der Waals surface area contributed by atoms with E-state index in [9.17, 15) is 31.9 Å². The third kappa shape index (κ3) is 5.99. The number of hydrogen-bond donors (Lipinski definition) is 1. The van der Waals surface area contributed by atoms with Gasteiger partial charge in [-0.2, -0.15) is 0 Å². The Morgan fingerprint density at radius 3 is 2.43 bits per heavy atom. The maximum absolute atomic E-state index is 14.3. The Labute approximate surface area is 202 Å². The molecule has 2 aromatic rings. The standard InChI is InChI=1S/C23H21F4N3O4S/c1-3-28-21(32)16-10-17(31)30(11-13-9-15(24)19(26)20(27)18(13)25)23(35-16)29-14-7-5-12(6-8-14)22(33)34-4-2/h5-9,16H,3-4,10-11H2,1-2H3,(H,28,32)/t16-/m0/s1. The molecular formula is C23H21F4N3O4S. The van der Waals surface area contributed by atoms with Gasteiger partial charge in [-0.15, -0.1) is 0 Å². The van der Waals surface area contributed by atoms with Crippen molar-refractivity contribution in [2.45, 2.75) is 32.1 Å². The molecule has 1 heterocycles. The Morgan fingerprint density at radius 2 is 1.80 bits per heavy atom. The minimum absolute atomic E-state index is 0.0362. The number of thioether (sulfide) groups is 1. The average Bonchev–Trinajstić information content (AvgIpc) is 2.83. The summed E-state index contributed by atoms with van der Waals surface area (Å²) in [5.41, 5.74) is -0.0523. The minimum Gasteiger partial charge on any atom is -0.462 e. The molecule has 0 aliphatic carbocycles. The number of nitrogens with zero attached hydrogens (tertiary/aromatic N) is 2. The highest BCUT2D eigenvalue weighted by Gasteiger charge is 2.36. The number of hydrogen-bond acceptors (Lipinski definition) is 6. The number of amides is 2. The molecule has 0 spiro atoms. The molecule has 2 amide bonds. The van der Waals surface area contributed by atoms with Gasteiger partial charge in [-0.05, 0) is 44.2 Å². The normalized spacial score (nSPS) is 17.0. The van der Waals surface area contributed by atoms with E-state index in [-0.39, 0.29) is 29.4 Å². The van der Waals surface area contributed by atoms with Crippen LogP contribution >= 0.6 is 11.8 Å². The number of aliphatic imine (C=N–C) groups is 1. The molecule has 12 heteroatoms. The van der Waals surface area contributed by atoms with Crippen molar-refractivity contribution in [2.24, 2.45) is 4.99 Å². The Bertz CT molecular complexity index is 1170. The lowest BCUT2D eigenvalue weighted by molar-refractivity contribution is -0.130. The molecule has 2 aromatic carbocycles. The van der Waals surface area contributed by atoms with E-state index >= 15 is 0 Å². The van der Waals surface area contributed by atoms with Gasteiger partial charge in [0.15, 0.2) is 28.4 Å². The number of rotatable bonds is 7. The van der Waals surface area contributed by atoms with Gasteiger partial charge >= 0.3 is 5.97 Å². The number of esters is 1. The van der Waals surface area contributed by atoms with Gasteiger partial charge in [0.2, 0.25) is 11.8 Å². The molecule has 186 valence electrons. The molecular weight excluding hydrogens is 490 g/mol. The van der Waals surface area contributed by atoms with Gasteiger partial charge in [-0.3, -0.25) is 14.5 Å². The zero-order valence-electron chi connectivity index (χ0n) is 18.7. The molecule has 3 rings (SSSR count). The van der Waals surface area contributed by atoms with E-state index in [0.717, 1.165) is 16.7 Å². The molecule has 1 N–H and O–H groups in total. The summed E-state index contributed by atoms with van der Waals surface area (Å²) in [6.07, 6.45) is -0.273. The van der Waals surface area contributed by atoms with Crippen LogP contribution in [0, 0.1) is 23.3 Å². The highest BCUT2D eigenvalue weighted by Crippen LogP contribution is 2.31. The molecule has 1 aliphatic heterocycles. The van der Waals surface area contributed by atoms with E-state index < -0.39 is 58.4 Å². The van der Waals surface area contributed by atoms with Gasteiger partial charge in [0.05, 0.1) is 29.7 Å². The summed E-state index contributed by atoms with van der Waals surface area (Å²) in [6, 6.07) is 6.30. The van der Waals surface area contributed by atoms with Crippen LogP contribution in [0.1, 0.15) is 36.2 Å². The summed E-state index contributed by atoms with van der Waals surface area (Å²) in [4.78, 5) is 42.4. The summed E-state index contributed by atoms with van der Waals surface area (Å²) in [7, 11) is 0. The SMILES string of the molecule is CCNC(=O)[C@@H]1CC(=O)N(Cc2cc(F)c(F)c(F)c2F)C(=Nc2ccc(C(=O)OCC)cc2)S1. The second kappa shape index (κ2) is 11.3. The van der Waals surface area contributed by atoms with Crippen molar-refractivity contribution in [1.29, 1.82) is 0 Å². The van der Waals surface area contributed by atoms with Crippen molar-refractivity contribution in [3.63, 3.8) is 0 Å². The lowest BCUT2D eigenvalue weighted by Gasteiger charge is -2.32. The lowest BCUT2D eigenvalue weighted by Crippen LogP contribution is -2.46. The first-order valence-electron chi connectivity index (χ1n) is 10.6. The fourth-order valence-corrected chi connectivity index (χ4v) is 4.31. The van der Waals surface area contributed by atoms with Gasteiger partial charge in [0.25, 0.3) is 0 Å². The fourth-order valence-electron chi connectivity index (χ4n) is 3.19. The van der Waals surface area contributed by atoms with E-state index in [4.69, 9.17) is 4.74 Å². The summed E-state index contributed by atoms with van der Waals surface area (Å²) >= 11 is 0.909. The van der Waals surface area contributed by atoms with Crippen LogP contribution in [0.5, 0.6) is 0 Å². The van der Waals surface area contributed by atoms with Crippen LogP contribution < -0.4 is 5.32 Å². The predicted octanol–water partition coefficient (Wildman–Crippen LogP) is 4.08.